The van der Waals surface area contributed by atoms with E-state index in [9.17, 15) is 9.90 Å². The van der Waals surface area contributed by atoms with Crippen LogP contribution in [0.2, 0.25) is 0 Å². The second kappa shape index (κ2) is 6.13. The average Bonchev–Trinajstić information content (AvgIpc) is 3.28. The molecule has 0 radical (unpaired) electrons. The summed E-state index contributed by atoms with van der Waals surface area (Å²) in [5.41, 5.74) is 7.28. The number of allylic oxidation sites excluding steroid dienone is 1. The largest absolute Gasteiger partial charge is 0.493 e. The van der Waals surface area contributed by atoms with Crippen LogP contribution in [0.1, 0.15) is 25.6 Å². The minimum Gasteiger partial charge on any atom is -0.493 e. The maximum Gasteiger partial charge on any atom is 0.330 e. The molecule has 0 amide bonds. The van der Waals surface area contributed by atoms with Gasteiger partial charge in [0.25, 0.3) is 0 Å². The molecule has 138 valence electrons. The first kappa shape index (κ1) is 16.6. The van der Waals surface area contributed by atoms with E-state index < -0.39 is 0 Å². The summed E-state index contributed by atoms with van der Waals surface area (Å²) < 4.78 is 9.83. The SMILES string of the molecule is C/C=C(\OC)c1nc2c3c(nc(N)n2n1)n(CCO)c(=O)n3CC1CC1. The number of aliphatic hydroxyl groups excluding tert-OH is 1. The van der Waals surface area contributed by atoms with Crippen LogP contribution in [0.5, 0.6) is 0 Å². The van der Waals surface area contributed by atoms with Crippen LogP contribution in [-0.2, 0) is 17.8 Å². The molecule has 0 aliphatic heterocycles. The first-order valence-corrected chi connectivity index (χ1v) is 8.55. The first-order chi connectivity index (χ1) is 12.6. The summed E-state index contributed by atoms with van der Waals surface area (Å²) in [7, 11) is 1.54. The van der Waals surface area contributed by atoms with Gasteiger partial charge in [0.15, 0.2) is 17.1 Å². The zero-order valence-electron chi connectivity index (χ0n) is 14.7. The Morgan fingerprint density at radius 2 is 2.12 bits per heavy atom. The molecule has 26 heavy (non-hydrogen) atoms. The highest BCUT2D eigenvalue weighted by molar-refractivity contribution is 5.88. The van der Waals surface area contributed by atoms with Crippen molar-refractivity contribution >= 4 is 28.5 Å². The minimum atomic E-state index is -0.219. The fraction of sp³-hybridized carbons (Fsp3) is 0.500. The maximum atomic E-state index is 12.9. The number of anilines is 1. The summed E-state index contributed by atoms with van der Waals surface area (Å²) in [5.74, 6) is 1.47. The first-order valence-electron chi connectivity index (χ1n) is 8.55. The molecule has 0 aromatic carbocycles. The van der Waals surface area contributed by atoms with Gasteiger partial charge in [0.2, 0.25) is 11.8 Å². The highest BCUT2D eigenvalue weighted by Crippen LogP contribution is 2.32. The zero-order chi connectivity index (χ0) is 18.4. The van der Waals surface area contributed by atoms with Crippen molar-refractivity contribution in [3.8, 4) is 0 Å². The molecule has 1 aliphatic carbocycles. The summed E-state index contributed by atoms with van der Waals surface area (Å²) in [6.45, 7) is 2.40. The number of aromatic nitrogens is 6. The Hall–Kier alpha value is -2.88. The van der Waals surface area contributed by atoms with Gasteiger partial charge in [-0.2, -0.15) is 9.50 Å². The van der Waals surface area contributed by atoms with Gasteiger partial charge in [-0.15, -0.1) is 5.10 Å². The summed E-state index contributed by atoms with van der Waals surface area (Å²) in [4.78, 5) is 21.8. The van der Waals surface area contributed by atoms with Crippen LogP contribution in [0.4, 0.5) is 5.95 Å². The van der Waals surface area contributed by atoms with Crippen molar-refractivity contribution < 1.29 is 9.84 Å². The Morgan fingerprint density at radius 1 is 1.35 bits per heavy atom. The third kappa shape index (κ3) is 2.45. The predicted octanol–water partition coefficient (Wildman–Crippen LogP) is 0.232. The standard InChI is InChI=1S/C16H21N7O3/c1-3-10(26-2)12-18-14-11-13(19-15(17)23(14)20-12)21(6-7-24)16(25)22(11)8-9-4-5-9/h3,9,24H,4-8H2,1-2H3,(H2,17,19)/b10-3-. The van der Waals surface area contributed by atoms with Crippen molar-refractivity contribution in [2.24, 2.45) is 5.92 Å². The van der Waals surface area contributed by atoms with E-state index in [-0.39, 0.29) is 24.8 Å². The van der Waals surface area contributed by atoms with Crippen molar-refractivity contribution in [1.82, 2.24) is 28.7 Å². The van der Waals surface area contributed by atoms with Crippen molar-refractivity contribution in [3.05, 3.63) is 22.4 Å². The molecule has 3 aromatic heterocycles. The Bertz CT molecular complexity index is 1070. The second-order valence-corrected chi connectivity index (χ2v) is 6.38. The second-order valence-electron chi connectivity index (χ2n) is 6.38. The van der Waals surface area contributed by atoms with Crippen LogP contribution in [0.15, 0.2) is 10.9 Å². The number of ether oxygens (including phenoxy) is 1. The highest BCUT2D eigenvalue weighted by atomic mass is 16.5. The van der Waals surface area contributed by atoms with Crippen LogP contribution in [0.25, 0.3) is 22.6 Å². The Kier molecular flexibility index (Phi) is 3.91. The van der Waals surface area contributed by atoms with Crippen LogP contribution < -0.4 is 11.4 Å². The number of aliphatic hydroxyl groups is 1. The number of nitrogens with zero attached hydrogens (tertiary/aromatic N) is 6. The lowest BCUT2D eigenvalue weighted by Crippen LogP contribution is -2.26. The monoisotopic (exact) mass is 359 g/mol. The third-order valence-electron chi connectivity index (χ3n) is 4.62. The summed E-state index contributed by atoms with van der Waals surface area (Å²) in [6.07, 6.45) is 3.95. The topological polar surface area (TPSA) is 125 Å². The molecule has 3 heterocycles. The van der Waals surface area contributed by atoms with Gasteiger partial charge < -0.3 is 15.6 Å². The van der Waals surface area contributed by atoms with Crippen molar-refractivity contribution in [3.63, 3.8) is 0 Å². The summed E-state index contributed by atoms with van der Waals surface area (Å²) >= 11 is 0. The van der Waals surface area contributed by atoms with Gasteiger partial charge in [-0.1, -0.05) is 0 Å². The fourth-order valence-electron chi connectivity index (χ4n) is 3.17. The van der Waals surface area contributed by atoms with E-state index in [2.05, 4.69) is 15.1 Å². The van der Waals surface area contributed by atoms with E-state index in [1.165, 1.54) is 9.08 Å². The summed E-state index contributed by atoms with van der Waals surface area (Å²) in [6, 6.07) is 0. The molecule has 1 aliphatic rings. The maximum absolute atomic E-state index is 12.9. The quantitative estimate of drug-likeness (QED) is 0.604. The van der Waals surface area contributed by atoms with Crippen LogP contribution >= 0.6 is 0 Å². The fourth-order valence-corrected chi connectivity index (χ4v) is 3.17. The molecule has 1 fully saturated rings. The van der Waals surface area contributed by atoms with E-state index in [1.54, 1.807) is 17.8 Å². The molecule has 4 rings (SSSR count). The molecular formula is C16H21N7O3. The molecule has 1 saturated carbocycles. The molecule has 0 saturated heterocycles. The van der Waals surface area contributed by atoms with Gasteiger partial charge in [-0.3, -0.25) is 9.13 Å². The van der Waals surface area contributed by atoms with Gasteiger partial charge in [-0.05, 0) is 31.8 Å². The molecule has 3 aromatic rings. The van der Waals surface area contributed by atoms with Gasteiger partial charge in [0.1, 0.15) is 5.52 Å². The van der Waals surface area contributed by atoms with Gasteiger partial charge in [0.05, 0.1) is 20.3 Å². The number of fused-ring (bicyclic) bond motifs is 3. The van der Waals surface area contributed by atoms with E-state index in [1.807, 2.05) is 6.92 Å². The Balaban J connectivity index is 2.06. The van der Waals surface area contributed by atoms with E-state index >= 15 is 0 Å². The lowest BCUT2D eigenvalue weighted by atomic mass is 10.4. The van der Waals surface area contributed by atoms with Crippen molar-refractivity contribution in [2.75, 3.05) is 19.5 Å². The number of methoxy groups -OCH3 is 1. The Labute approximate surface area is 148 Å². The average molecular weight is 359 g/mol. The summed E-state index contributed by atoms with van der Waals surface area (Å²) in [5, 5.41) is 13.7. The normalized spacial score (nSPS) is 15.3. The number of nitrogen functional groups attached to an aromatic ring is 1. The molecule has 10 nitrogen and oxygen atoms in total. The van der Waals surface area contributed by atoms with Crippen LogP contribution in [0.3, 0.4) is 0 Å². The minimum absolute atomic E-state index is 0.119. The van der Waals surface area contributed by atoms with Crippen LogP contribution in [-0.4, -0.2) is 47.5 Å². The number of imidazole rings is 1. The van der Waals surface area contributed by atoms with Crippen molar-refractivity contribution in [1.29, 1.82) is 0 Å². The van der Waals surface area contributed by atoms with Gasteiger partial charge in [0, 0.05) is 6.54 Å². The molecule has 0 unspecified atom stereocenters. The van der Waals surface area contributed by atoms with Gasteiger partial charge >= 0.3 is 5.69 Å². The predicted molar refractivity (Wildman–Crippen MR) is 95.4 cm³/mol. The molecule has 0 atom stereocenters. The molecule has 10 heteroatoms. The molecular weight excluding hydrogens is 338 g/mol. The number of rotatable bonds is 6. The molecule has 3 N–H and O–H groups in total. The lowest BCUT2D eigenvalue weighted by molar-refractivity contribution is 0.275. The van der Waals surface area contributed by atoms with E-state index in [4.69, 9.17) is 10.5 Å². The Morgan fingerprint density at radius 3 is 2.73 bits per heavy atom. The lowest BCUT2D eigenvalue weighted by Gasteiger charge is -2.03. The van der Waals surface area contributed by atoms with E-state index in [0.717, 1.165) is 12.8 Å². The molecule has 0 spiro atoms. The van der Waals surface area contributed by atoms with Gasteiger partial charge in [-0.25, -0.2) is 9.78 Å². The highest BCUT2D eigenvalue weighted by Gasteiger charge is 2.28. The number of hydrogen-bond donors (Lipinski definition) is 2. The van der Waals surface area contributed by atoms with Crippen LogP contribution in [0, 0.1) is 5.92 Å². The zero-order valence-corrected chi connectivity index (χ0v) is 14.7. The molecule has 0 bridgehead atoms. The van der Waals surface area contributed by atoms with E-state index in [0.29, 0.717) is 40.9 Å². The number of hydrogen-bond acceptors (Lipinski definition) is 7. The number of nitrogens with two attached hydrogens (primary N) is 1. The smallest absolute Gasteiger partial charge is 0.330 e. The van der Waals surface area contributed by atoms with Crippen molar-refractivity contribution in [2.45, 2.75) is 32.9 Å². The third-order valence-corrected chi connectivity index (χ3v) is 4.62.